The van der Waals surface area contributed by atoms with Crippen LogP contribution in [0.3, 0.4) is 0 Å². The Labute approximate surface area is 233 Å². The Bertz CT molecular complexity index is 566. The van der Waals surface area contributed by atoms with Gasteiger partial charge in [0.1, 0.15) is 0 Å². The van der Waals surface area contributed by atoms with Crippen molar-refractivity contribution in [3.8, 4) is 0 Å². The standard InChI is InChI=1S/C30H58N2O6/c1-23(2)19-31(20-24(3)4)29(33)17-27-28(18-30(34)32(21-25(5)6)22-26(7)8)38-14-10-12-36-16-15-35-11-9-13-37-27/h23-28H,9-22H2,1-8H3/t27-,28?/m0/s1. The summed E-state index contributed by atoms with van der Waals surface area (Å²) in [6.45, 7) is 23.0. The molecule has 0 radical (unpaired) electrons. The second kappa shape index (κ2) is 19.8. The Morgan fingerprint density at radius 3 is 1.16 bits per heavy atom. The highest BCUT2D eigenvalue weighted by molar-refractivity contribution is 5.78. The molecule has 1 unspecified atom stereocenters. The lowest BCUT2D eigenvalue weighted by atomic mass is 10.0. The molecule has 1 heterocycles. The van der Waals surface area contributed by atoms with Gasteiger partial charge in [0.15, 0.2) is 0 Å². The van der Waals surface area contributed by atoms with E-state index in [0.29, 0.717) is 102 Å². The van der Waals surface area contributed by atoms with Crippen LogP contribution in [0.4, 0.5) is 0 Å². The van der Waals surface area contributed by atoms with E-state index in [4.69, 9.17) is 18.9 Å². The average Bonchev–Trinajstić information content (AvgIpc) is 2.80. The number of amides is 2. The lowest BCUT2D eigenvalue weighted by Gasteiger charge is -2.33. The molecule has 0 aromatic heterocycles. The van der Waals surface area contributed by atoms with Crippen molar-refractivity contribution in [2.24, 2.45) is 23.7 Å². The van der Waals surface area contributed by atoms with Crippen LogP contribution in [0, 0.1) is 23.7 Å². The van der Waals surface area contributed by atoms with E-state index in [1.165, 1.54) is 0 Å². The number of rotatable bonds is 12. The van der Waals surface area contributed by atoms with E-state index in [2.05, 4.69) is 55.4 Å². The lowest BCUT2D eigenvalue weighted by molar-refractivity contribution is -0.148. The van der Waals surface area contributed by atoms with E-state index in [1.54, 1.807) is 0 Å². The second-order valence-electron chi connectivity index (χ2n) is 12.3. The van der Waals surface area contributed by atoms with E-state index in [9.17, 15) is 9.59 Å². The molecule has 1 fully saturated rings. The summed E-state index contributed by atoms with van der Waals surface area (Å²) in [5, 5.41) is 0. The molecule has 1 rings (SSSR count). The van der Waals surface area contributed by atoms with Gasteiger partial charge in [-0.05, 0) is 36.5 Å². The van der Waals surface area contributed by atoms with Crippen LogP contribution in [0.25, 0.3) is 0 Å². The van der Waals surface area contributed by atoms with Crippen LogP contribution < -0.4 is 0 Å². The van der Waals surface area contributed by atoms with Gasteiger partial charge in [0.2, 0.25) is 11.8 Å². The van der Waals surface area contributed by atoms with Crippen LogP contribution in [0.2, 0.25) is 0 Å². The molecule has 0 N–H and O–H groups in total. The first-order chi connectivity index (χ1) is 18.0. The van der Waals surface area contributed by atoms with Gasteiger partial charge >= 0.3 is 0 Å². The van der Waals surface area contributed by atoms with Crippen molar-refractivity contribution in [2.75, 3.05) is 65.8 Å². The lowest BCUT2D eigenvalue weighted by Crippen LogP contribution is -2.45. The third-order valence-electron chi connectivity index (χ3n) is 6.12. The van der Waals surface area contributed by atoms with E-state index in [-0.39, 0.29) is 24.7 Å². The van der Waals surface area contributed by atoms with Crippen LogP contribution in [0.5, 0.6) is 0 Å². The van der Waals surface area contributed by atoms with Crippen LogP contribution in [-0.4, -0.2) is 99.6 Å². The van der Waals surface area contributed by atoms with E-state index in [0.717, 1.165) is 0 Å². The Balaban J connectivity index is 3.15. The largest absolute Gasteiger partial charge is 0.379 e. The van der Waals surface area contributed by atoms with Gasteiger partial charge in [-0.1, -0.05) is 55.4 Å². The summed E-state index contributed by atoms with van der Waals surface area (Å²) in [6.07, 6.45) is 0.806. The highest BCUT2D eigenvalue weighted by Crippen LogP contribution is 2.19. The predicted molar refractivity (Wildman–Crippen MR) is 152 cm³/mol. The van der Waals surface area contributed by atoms with Gasteiger partial charge in [-0.25, -0.2) is 0 Å². The molecule has 2 atom stereocenters. The van der Waals surface area contributed by atoms with E-state index < -0.39 is 12.2 Å². The number of carbonyl (C=O) groups is 2. The minimum absolute atomic E-state index is 0.0559. The van der Waals surface area contributed by atoms with E-state index >= 15 is 0 Å². The quantitative estimate of drug-likeness (QED) is 0.357. The Hall–Kier alpha value is -1.22. The maximum Gasteiger partial charge on any atom is 0.225 e. The third kappa shape index (κ3) is 16.0. The number of carbonyl (C=O) groups excluding carboxylic acids is 2. The Morgan fingerprint density at radius 2 is 0.868 bits per heavy atom. The summed E-state index contributed by atoms with van der Waals surface area (Å²) >= 11 is 0. The zero-order chi connectivity index (χ0) is 28.5. The zero-order valence-electron chi connectivity index (χ0n) is 25.7. The normalized spacial score (nSPS) is 20.6. The van der Waals surface area contributed by atoms with Crippen molar-refractivity contribution < 1.29 is 28.5 Å². The molecule has 224 valence electrons. The Morgan fingerprint density at radius 1 is 0.553 bits per heavy atom. The van der Waals surface area contributed by atoms with Crippen molar-refractivity contribution in [1.29, 1.82) is 0 Å². The summed E-state index contributed by atoms with van der Waals surface area (Å²) in [7, 11) is 0. The maximum absolute atomic E-state index is 13.6. The minimum atomic E-state index is -0.503. The van der Waals surface area contributed by atoms with Gasteiger partial charge in [-0.2, -0.15) is 0 Å². The smallest absolute Gasteiger partial charge is 0.225 e. The van der Waals surface area contributed by atoms with Gasteiger partial charge in [-0.15, -0.1) is 0 Å². The first-order valence-corrected chi connectivity index (χ1v) is 14.9. The van der Waals surface area contributed by atoms with Crippen LogP contribution >= 0.6 is 0 Å². The van der Waals surface area contributed by atoms with Gasteiger partial charge in [-0.3, -0.25) is 9.59 Å². The number of hydrogen-bond donors (Lipinski definition) is 0. The maximum atomic E-state index is 13.6. The molecule has 1 aliphatic rings. The fraction of sp³-hybridized carbons (Fsp3) is 0.933. The average molecular weight is 543 g/mol. The summed E-state index contributed by atoms with van der Waals surface area (Å²) in [5.41, 5.74) is 0. The monoisotopic (exact) mass is 542 g/mol. The first kappa shape index (κ1) is 34.8. The summed E-state index contributed by atoms with van der Waals surface area (Å²) < 4.78 is 23.9. The number of ether oxygens (including phenoxy) is 4. The summed E-state index contributed by atoms with van der Waals surface area (Å²) in [5.74, 6) is 1.59. The molecule has 1 aliphatic heterocycles. The predicted octanol–water partition coefficient (Wildman–Crippen LogP) is 4.65. The molecule has 0 aliphatic carbocycles. The van der Waals surface area contributed by atoms with Crippen molar-refractivity contribution in [2.45, 2.75) is 93.3 Å². The van der Waals surface area contributed by atoms with Crippen molar-refractivity contribution in [1.82, 2.24) is 9.80 Å². The van der Waals surface area contributed by atoms with Gasteiger partial charge in [0.05, 0.1) is 38.3 Å². The topological polar surface area (TPSA) is 77.5 Å². The number of hydrogen-bond acceptors (Lipinski definition) is 6. The third-order valence-corrected chi connectivity index (χ3v) is 6.12. The molecular weight excluding hydrogens is 484 g/mol. The molecule has 0 spiro atoms. The van der Waals surface area contributed by atoms with Crippen LogP contribution in [0.15, 0.2) is 0 Å². The molecule has 8 heteroatoms. The fourth-order valence-electron chi connectivity index (χ4n) is 4.63. The molecule has 8 nitrogen and oxygen atoms in total. The second-order valence-corrected chi connectivity index (χ2v) is 12.3. The van der Waals surface area contributed by atoms with Crippen LogP contribution in [-0.2, 0) is 28.5 Å². The van der Waals surface area contributed by atoms with Crippen molar-refractivity contribution in [3.05, 3.63) is 0 Å². The van der Waals surface area contributed by atoms with Gasteiger partial charge in [0.25, 0.3) is 0 Å². The zero-order valence-corrected chi connectivity index (χ0v) is 25.7. The minimum Gasteiger partial charge on any atom is -0.379 e. The fourth-order valence-corrected chi connectivity index (χ4v) is 4.63. The molecule has 2 amide bonds. The molecule has 38 heavy (non-hydrogen) atoms. The Kier molecular flexibility index (Phi) is 18.1. The molecule has 1 saturated heterocycles. The molecule has 0 aromatic rings. The van der Waals surface area contributed by atoms with Crippen molar-refractivity contribution in [3.63, 3.8) is 0 Å². The van der Waals surface area contributed by atoms with Crippen molar-refractivity contribution >= 4 is 11.8 Å². The highest BCUT2D eigenvalue weighted by Gasteiger charge is 2.32. The molecule has 0 aromatic carbocycles. The van der Waals surface area contributed by atoms with E-state index in [1.807, 2.05) is 9.80 Å². The molecular formula is C30H58N2O6. The van der Waals surface area contributed by atoms with Gasteiger partial charge in [0, 0.05) is 52.6 Å². The molecule has 0 bridgehead atoms. The van der Waals surface area contributed by atoms with Gasteiger partial charge < -0.3 is 28.7 Å². The number of nitrogens with zero attached hydrogens (tertiary/aromatic N) is 2. The summed E-state index contributed by atoms with van der Waals surface area (Å²) in [6, 6.07) is 0. The van der Waals surface area contributed by atoms with Crippen LogP contribution in [0.1, 0.15) is 81.1 Å². The summed E-state index contributed by atoms with van der Waals surface area (Å²) in [4.78, 5) is 31.0. The first-order valence-electron chi connectivity index (χ1n) is 14.9. The molecule has 0 saturated carbocycles. The SMILES string of the molecule is CC(C)CN(CC(C)C)C(=O)CC1OCCCOCCOCCCO[C@H]1CC(=O)N(CC(C)C)CC(C)C. The highest BCUT2D eigenvalue weighted by atomic mass is 16.5.